The molecule has 2 atom stereocenters. The minimum absolute atomic E-state index is 0. The second-order valence-electron chi connectivity index (χ2n) is 5.56. The second-order valence-corrected chi connectivity index (χ2v) is 7.40. The van der Waals surface area contributed by atoms with Crippen molar-refractivity contribution in [1.29, 1.82) is 0 Å². The Morgan fingerprint density at radius 3 is 2.70 bits per heavy atom. The van der Waals surface area contributed by atoms with Crippen LogP contribution in [0, 0.1) is 5.92 Å². The van der Waals surface area contributed by atoms with Crippen LogP contribution in [0.15, 0.2) is 0 Å². The molecule has 2 heterocycles. The average Bonchev–Trinajstić information content (AvgIpc) is 2.89. The van der Waals surface area contributed by atoms with Gasteiger partial charge in [-0.05, 0) is 38.1 Å². The molecule has 0 aliphatic carbocycles. The molecule has 6 nitrogen and oxygen atoms in total. The lowest BCUT2D eigenvalue weighted by molar-refractivity contribution is -0.134. The van der Waals surface area contributed by atoms with E-state index in [4.69, 9.17) is 0 Å². The third-order valence-electron chi connectivity index (χ3n) is 3.82. The highest BCUT2D eigenvalue weighted by Gasteiger charge is 2.30. The number of rotatable bonds is 4. The van der Waals surface area contributed by atoms with Gasteiger partial charge in [0.15, 0.2) is 0 Å². The SMILES string of the molecule is CS(=O)(=O)NCC1CCCN(C(=O)C2CCCN2)C1.Cl. The zero-order valence-electron chi connectivity index (χ0n) is 11.8. The molecule has 0 aromatic rings. The largest absolute Gasteiger partial charge is 0.341 e. The molecular formula is C12H24ClN3O3S. The van der Waals surface area contributed by atoms with Crippen LogP contribution in [-0.2, 0) is 14.8 Å². The molecule has 8 heteroatoms. The molecule has 2 fully saturated rings. The summed E-state index contributed by atoms with van der Waals surface area (Å²) in [6.45, 7) is 2.82. The van der Waals surface area contributed by atoms with Crippen LogP contribution < -0.4 is 10.0 Å². The number of carbonyl (C=O) groups is 1. The number of sulfonamides is 1. The Morgan fingerprint density at radius 2 is 2.10 bits per heavy atom. The summed E-state index contributed by atoms with van der Waals surface area (Å²) < 4.78 is 24.7. The van der Waals surface area contributed by atoms with Crippen LogP contribution in [0.3, 0.4) is 0 Å². The van der Waals surface area contributed by atoms with Crippen molar-refractivity contribution in [2.75, 3.05) is 32.4 Å². The zero-order chi connectivity index (χ0) is 13.9. The number of amides is 1. The summed E-state index contributed by atoms with van der Waals surface area (Å²) in [5.41, 5.74) is 0. The molecule has 0 bridgehead atoms. The topological polar surface area (TPSA) is 78.5 Å². The summed E-state index contributed by atoms with van der Waals surface area (Å²) in [6, 6.07) is -0.0263. The molecule has 0 saturated carbocycles. The Balaban J connectivity index is 0.00000200. The van der Waals surface area contributed by atoms with Gasteiger partial charge in [-0.25, -0.2) is 13.1 Å². The van der Waals surface area contributed by atoms with Crippen molar-refractivity contribution in [3.8, 4) is 0 Å². The van der Waals surface area contributed by atoms with Crippen LogP contribution >= 0.6 is 12.4 Å². The van der Waals surface area contributed by atoms with E-state index >= 15 is 0 Å². The molecule has 0 aromatic carbocycles. The van der Waals surface area contributed by atoms with Crippen LogP contribution in [0.25, 0.3) is 0 Å². The first-order valence-corrected chi connectivity index (χ1v) is 8.81. The lowest BCUT2D eigenvalue weighted by atomic mass is 9.97. The number of nitrogens with one attached hydrogen (secondary N) is 2. The van der Waals surface area contributed by atoms with Gasteiger partial charge >= 0.3 is 0 Å². The third-order valence-corrected chi connectivity index (χ3v) is 4.51. The molecule has 2 N–H and O–H groups in total. The Bertz CT molecular complexity index is 424. The van der Waals surface area contributed by atoms with Gasteiger partial charge in [-0.3, -0.25) is 4.79 Å². The van der Waals surface area contributed by atoms with Crippen molar-refractivity contribution in [3.05, 3.63) is 0 Å². The fourth-order valence-corrected chi connectivity index (χ4v) is 3.36. The minimum atomic E-state index is -3.14. The Hall–Kier alpha value is -0.370. The van der Waals surface area contributed by atoms with Crippen molar-refractivity contribution in [1.82, 2.24) is 14.9 Å². The van der Waals surface area contributed by atoms with Crippen molar-refractivity contribution in [2.45, 2.75) is 31.7 Å². The maximum Gasteiger partial charge on any atom is 0.239 e. The van der Waals surface area contributed by atoms with Gasteiger partial charge in [-0.1, -0.05) is 0 Å². The fraction of sp³-hybridized carbons (Fsp3) is 0.917. The third kappa shape index (κ3) is 5.20. The number of carbonyl (C=O) groups excluding carboxylic acids is 1. The average molecular weight is 326 g/mol. The lowest BCUT2D eigenvalue weighted by Crippen LogP contribution is -2.49. The summed E-state index contributed by atoms with van der Waals surface area (Å²) in [5, 5.41) is 3.22. The highest BCUT2D eigenvalue weighted by molar-refractivity contribution is 7.88. The Labute approximate surface area is 127 Å². The normalized spacial score (nSPS) is 27.1. The summed E-state index contributed by atoms with van der Waals surface area (Å²) in [4.78, 5) is 14.2. The van der Waals surface area contributed by atoms with Crippen LogP contribution in [0.2, 0.25) is 0 Å². The lowest BCUT2D eigenvalue weighted by Gasteiger charge is -2.34. The first-order chi connectivity index (χ1) is 8.96. The summed E-state index contributed by atoms with van der Waals surface area (Å²) in [6.07, 6.45) is 5.07. The van der Waals surface area contributed by atoms with Crippen molar-refractivity contribution >= 4 is 28.3 Å². The van der Waals surface area contributed by atoms with Crippen LogP contribution in [0.1, 0.15) is 25.7 Å². The quantitative estimate of drug-likeness (QED) is 0.759. The van der Waals surface area contributed by atoms with E-state index in [1.165, 1.54) is 6.26 Å². The van der Waals surface area contributed by atoms with Gasteiger partial charge in [0.1, 0.15) is 0 Å². The molecule has 2 rings (SSSR count). The molecule has 20 heavy (non-hydrogen) atoms. The molecule has 2 saturated heterocycles. The summed E-state index contributed by atoms with van der Waals surface area (Å²) in [7, 11) is -3.14. The number of hydrogen-bond acceptors (Lipinski definition) is 4. The van der Waals surface area contributed by atoms with Crippen LogP contribution in [-0.4, -0.2) is 57.7 Å². The van der Waals surface area contributed by atoms with Crippen molar-refractivity contribution < 1.29 is 13.2 Å². The molecule has 2 aliphatic heterocycles. The molecule has 2 unspecified atom stereocenters. The molecule has 118 valence electrons. The maximum atomic E-state index is 12.3. The van der Waals surface area contributed by atoms with Gasteiger partial charge in [-0.2, -0.15) is 0 Å². The Morgan fingerprint density at radius 1 is 1.35 bits per heavy atom. The minimum Gasteiger partial charge on any atom is -0.341 e. The van der Waals surface area contributed by atoms with Gasteiger partial charge in [0.2, 0.25) is 15.9 Å². The molecule has 0 spiro atoms. The van der Waals surface area contributed by atoms with Gasteiger partial charge in [0.25, 0.3) is 0 Å². The molecular weight excluding hydrogens is 302 g/mol. The van der Waals surface area contributed by atoms with Gasteiger partial charge in [-0.15, -0.1) is 12.4 Å². The van der Waals surface area contributed by atoms with E-state index in [-0.39, 0.29) is 30.3 Å². The van der Waals surface area contributed by atoms with Crippen LogP contribution in [0.4, 0.5) is 0 Å². The first-order valence-electron chi connectivity index (χ1n) is 6.92. The number of halogens is 1. The monoisotopic (exact) mass is 325 g/mol. The molecule has 0 radical (unpaired) electrons. The molecule has 0 aromatic heterocycles. The van der Waals surface area contributed by atoms with E-state index in [1.54, 1.807) is 0 Å². The number of piperidine rings is 1. The van der Waals surface area contributed by atoms with Gasteiger partial charge in [0, 0.05) is 19.6 Å². The van der Waals surface area contributed by atoms with E-state index in [9.17, 15) is 13.2 Å². The van der Waals surface area contributed by atoms with E-state index < -0.39 is 10.0 Å². The van der Waals surface area contributed by atoms with Crippen LogP contribution in [0.5, 0.6) is 0 Å². The predicted molar refractivity (Wildman–Crippen MR) is 80.4 cm³/mol. The maximum absolute atomic E-state index is 12.3. The highest BCUT2D eigenvalue weighted by atomic mass is 35.5. The fourth-order valence-electron chi connectivity index (χ4n) is 2.82. The smallest absolute Gasteiger partial charge is 0.239 e. The standard InChI is InChI=1S/C12H23N3O3S.ClH/c1-19(17,18)14-8-10-4-3-7-15(9-10)12(16)11-5-2-6-13-11;/h10-11,13-14H,2-9H2,1H3;1H. The van der Waals surface area contributed by atoms with E-state index in [0.717, 1.165) is 38.8 Å². The van der Waals surface area contributed by atoms with E-state index in [1.807, 2.05) is 4.90 Å². The molecule has 2 aliphatic rings. The number of hydrogen-bond donors (Lipinski definition) is 2. The number of nitrogens with zero attached hydrogens (tertiary/aromatic N) is 1. The van der Waals surface area contributed by atoms with E-state index in [2.05, 4.69) is 10.0 Å². The molecule has 1 amide bonds. The number of likely N-dealkylation sites (tertiary alicyclic amines) is 1. The highest BCUT2D eigenvalue weighted by Crippen LogP contribution is 2.18. The van der Waals surface area contributed by atoms with Gasteiger partial charge in [0.05, 0.1) is 12.3 Å². The van der Waals surface area contributed by atoms with E-state index in [0.29, 0.717) is 13.1 Å². The summed E-state index contributed by atoms with van der Waals surface area (Å²) in [5.74, 6) is 0.412. The predicted octanol–water partition coefficient (Wildman–Crippen LogP) is -0.0520. The van der Waals surface area contributed by atoms with Crippen molar-refractivity contribution in [3.63, 3.8) is 0 Å². The zero-order valence-corrected chi connectivity index (χ0v) is 13.4. The van der Waals surface area contributed by atoms with Gasteiger partial charge < -0.3 is 10.2 Å². The second kappa shape index (κ2) is 7.59. The first kappa shape index (κ1) is 17.7. The Kier molecular flexibility index (Phi) is 6.71. The van der Waals surface area contributed by atoms with Crippen molar-refractivity contribution in [2.24, 2.45) is 5.92 Å². The summed E-state index contributed by atoms with van der Waals surface area (Å²) >= 11 is 0.